The second-order valence-corrected chi connectivity index (χ2v) is 12.2. The number of halogens is 3. The first-order valence-corrected chi connectivity index (χ1v) is 12.9. The van der Waals surface area contributed by atoms with Gasteiger partial charge in [-0.05, 0) is 55.8 Å². The van der Waals surface area contributed by atoms with Crippen molar-refractivity contribution in [1.82, 2.24) is 20.9 Å². The van der Waals surface area contributed by atoms with Gasteiger partial charge >= 0.3 is 12.1 Å². The Morgan fingerprint density at radius 3 is 2.41 bits per heavy atom. The van der Waals surface area contributed by atoms with E-state index in [1.807, 2.05) is 11.4 Å². The fourth-order valence-corrected chi connectivity index (χ4v) is 6.23. The third kappa shape index (κ3) is 5.55. The maximum atomic E-state index is 13.6. The lowest BCUT2D eigenvalue weighted by atomic mass is 9.85. The molecule has 0 aromatic rings. The Labute approximate surface area is 213 Å². The molecule has 4 amide bonds. The monoisotopic (exact) mass is 525 g/mol. The number of carbonyl (C=O) groups is 4. The maximum absolute atomic E-state index is 13.6. The van der Waals surface area contributed by atoms with E-state index in [-0.39, 0.29) is 36.2 Å². The van der Waals surface area contributed by atoms with Gasteiger partial charge in [0.1, 0.15) is 18.1 Å². The molecule has 0 aromatic heterocycles. The van der Waals surface area contributed by atoms with Crippen LogP contribution in [-0.4, -0.2) is 64.9 Å². The zero-order valence-corrected chi connectivity index (χ0v) is 21.3. The number of nitrogens with one attached hydrogen (secondary N) is 3. The van der Waals surface area contributed by atoms with E-state index in [4.69, 9.17) is 0 Å². The molecule has 0 bridgehead atoms. The van der Waals surface area contributed by atoms with Crippen LogP contribution in [0.3, 0.4) is 0 Å². The van der Waals surface area contributed by atoms with E-state index in [0.717, 1.165) is 25.7 Å². The molecular weight excluding hydrogens is 491 g/mol. The van der Waals surface area contributed by atoms with E-state index < -0.39 is 53.4 Å². The molecule has 6 atom stereocenters. The van der Waals surface area contributed by atoms with Gasteiger partial charge in [-0.1, -0.05) is 27.2 Å². The van der Waals surface area contributed by atoms with Gasteiger partial charge < -0.3 is 20.9 Å². The summed E-state index contributed by atoms with van der Waals surface area (Å²) in [6, 6.07) is -1.36. The summed E-state index contributed by atoms with van der Waals surface area (Å²) in [6.45, 7) is 4.83. The summed E-state index contributed by atoms with van der Waals surface area (Å²) in [5.41, 5.74) is -1.22. The normalized spacial score (nSPS) is 29.8. The van der Waals surface area contributed by atoms with E-state index >= 15 is 0 Å². The molecule has 4 aliphatic rings. The van der Waals surface area contributed by atoms with Crippen molar-refractivity contribution >= 4 is 23.6 Å². The topological polar surface area (TPSA) is 131 Å². The van der Waals surface area contributed by atoms with Crippen molar-refractivity contribution in [2.45, 2.75) is 95.6 Å². The Bertz CT molecular complexity index is 1010. The number of fused-ring (bicyclic) bond motifs is 1. The van der Waals surface area contributed by atoms with Crippen molar-refractivity contribution in [3.8, 4) is 6.07 Å². The zero-order chi connectivity index (χ0) is 27.3. The average molecular weight is 526 g/mol. The van der Waals surface area contributed by atoms with Gasteiger partial charge in [-0.15, -0.1) is 0 Å². The van der Waals surface area contributed by atoms with Crippen LogP contribution >= 0.6 is 0 Å². The number of hydrogen-bond acceptors (Lipinski definition) is 5. The molecule has 1 spiro atoms. The molecule has 2 saturated heterocycles. The van der Waals surface area contributed by atoms with Crippen LogP contribution in [0.2, 0.25) is 0 Å². The van der Waals surface area contributed by atoms with Gasteiger partial charge in [-0.2, -0.15) is 18.4 Å². The molecule has 0 radical (unpaired) electrons. The number of nitriles is 1. The van der Waals surface area contributed by atoms with Crippen molar-refractivity contribution in [2.24, 2.45) is 23.2 Å². The highest BCUT2D eigenvalue weighted by atomic mass is 19.4. The van der Waals surface area contributed by atoms with E-state index in [2.05, 4.69) is 10.6 Å². The third-order valence-corrected chi connectivity index (χ3v) is 8.33. The molecule has 0 aromatic carbocycles. The third-order valence-electron chi connectivity index (χ3n) is 8.33. The molecule has 9 nitrogen and oxygen atoms in total. The summed E-state index contributed by atoms with van der Waals surface area (Å²) >= 11 is 0. The lowest BCUT2D eigenvalue weighted by Crippen LogP contribution is -2.60. The predicted molar refractivity (Wildman–Crippen MR) is 124 cm³/mol. The highest BCUT2D eigenvalue weighted by Crippen LogP contribution is 2.46. The fourth-order valence-electron chi connectivity index (χ4n) is 6.23. The Kier molecular flexibility index (Phi) is 6.97. The van der Waals surface area contributed by atoms with Crippen molar-refractivity contribution in [2.75, 3.05) is 6.54 Å². The van der Waals surface area contributed by atoms with Gasteiger partial charge in [0.25, 0.3) is 0 Å². The fraction of sp³-hybridized carbons (Fsp3) is 0.800. The van der Waals surface area contributed by atoms with Crippen LogP contribution in [0.5, 0.6) is 0 Å². The van der Waals surface area contributed by atoms with Gasteiger partial charge in [-0.25, -0.2) is 0 Å². The standard InChI is InChI=1S/C25H34F3N5O4/c1-23(2,3)18(31-22(37)25(26,27)28)21(36)33-12-13-5-4-6-16(13)17(33)20(35)30-15(11-29)9-14-10-24(7-8-24)32-19(14)34/h13-18H,4-10,12H2,1-3H3,(H,30,35)(H,31,37)(H,32,34)/t13-,14+,15-,16-,17-,18+/m0/s1. The summed E-state index contributed by atoms with van der Waals surface area (Å²) in [6.07, 6.45) is -0.274. The number of likely N-dealkylation sites (tertiary alicyclic amines) is 1. The molecular formula is C25H34F3N5O4. The molecule has 12 heteroatoms. The van der Waals surface area contributed by atoms with E-state index in [1.54, 1.807) is 20.8 Å². The Morgan fingerprint density at radius 2 is 1.86 bits per heavy atom. The van der Waals surface area contributed by atoms with Crippen LogP contribution in [-0.2, 0) is 19.2 Å². The van der Waals surface area contributed by atoms with Crippen LogP contribution in [0.4, 0.5) is 13.2 Å². The molecule has 2 saturated carbocycles. The van der Waals surface area contributed by atoms with Crippen LogP contribution in [0, 0.1) is 34.5 Å². The molecule has 3 N–H and O–H groups in total. The predicted octanol–water partition coefficient (Wildman–Crippen LogP) is 1.77. The molecule has 0 unspecified atom stereocenters. The maximum Gasteiger partial charge on any atom is 0.471 e. The Morgan fingerprint density at radius 1 is 1.19 bits per heavy atom. The highest BCUT2D eigenvalue weighted by Gasteiger charge is 2.54. The van der Waals surface area contributed by atoms with Gasteiger partial charge in [-0.3, -0.25) is 19.2 Å². The van der Waals surface area contributed by atoms with Crippen molar-refractivity contribution in [3.05, 3.63) is 0 Å². The molecule has 2 aliphatic carbocycles. The minimum Gasteiger partial charge on any atom is -0.350 e. The van der Waals surface area contributed by atoms with Gasteiger partial charge in [0.05, 0.1) is 6.07 Å². The average Bonchev–Trinajstić information content (AvgIpc) is 3.10. The zero-order valence-electron chi connectivity index (χ0n) is 21.3. The summed E-state index contributed by atoms with van der Waals surface area (Å²) in [5.74, 6) is -4.22. The van der Waals surface area contributed by atoms with Crippen molar-refractivity contribution < 1.29 is 32.3 Å². The minimum absolute atomic E-state index is 0.00880. The number of alkyl halides is 3. The Hall–Kier alpha value is -2.84. The molecule has 2 heterocycles. The lowest BCUT2D eigenvalue weighted by Gasteiger charge is -2.36. The summed E-state index contributed by atoms with van der Waals surface area (Å²) in [7, 11) is 0. The number of rotatable bonds is 6. The van der Waals surface area contributed by atoms with Gasteiger partial charge in [0.2, 0.25) is 17.7 Å². The smallest absolute Gasteiger partial charge is 0.350 e. The van der Waals surface area contributed by atoms with E-state index in [9.17, 15) is 37.6 Å². The van der Waals surface area contributed by atoms with Gasteiger partial charge in [0, 0.05) is 18.0 Å². The van der Waals surface area contributed by atoms with Crippen molar-refractivity contribution in [1.29, 1.82) is 5.26 Å². The van der Waals surface area contributed by atoms with Crippen LogP contribution in [0.25, 0.3) is 0 Å². The number of hydrogen-bond donors (Lipinski definition) is 3. The molecule has 2 aliphatic heterocycles. The Balaban J connectivity index is 1.51. The second-order valence-electron chi connectivity index (χ2n) is 12.2. The first-order valence-electron chi connectivity index (χ1n) is 12.9. The van der Waals surface area contributed by atoms with Crippen molar-refractivity contribution in [3.63, 3.8) is 0 Å². The number of amides is 4. The molecule has 204 valence electrons. The molecule has 4 rings (SSSR count). The van der Waals surface area contributed by atoms with Crippen LogP contribution in [0.15, 0.2) is 0 Å². The largest absolute Gasteiger partial charge is 0.471 e. The second kappa shape index (κ2) is 9.48. The summed E-state index contributed by atoms with van der Waals surface area (Å²) < 4.78 is 39.0. The first kappa shape index (κ1) is 27.2. The van der Waals surface area contributed by atoms with Crippen LogP contribution < -0.4 is 16.0 Å². The molecule has 4 fully saturated rings. The summed E-state index contributed by atoms with van der Waals surface area (Å²) in [5, 5.41) is 17.2. The first-order chi connectivity index (χ1) is 17.1. The lowest BCUT2D eigenvalue weighted by molar-refractivity contribution is -0.176. The van der Waals surface area contributed by atoms with Gasteiger partial charge in [0.15, 0.2) is 0 Å². The SMILES string of the molecule is CC(C)(C)[C@H](NC(=O)C(F)(F)F)C(=O)N1C[C@@H]2CCC[C@@H]2[C@H]1C(=O)N[C@H](C#N)C[C@@H]1CC2(CC2)NC1=O. The minimum atomic E-state index is -5.16. The quantitative estimate of drug-likeness (QED) is 0.487. The van der Waals surface area contributed by atoms with Crippen LogP contribution in [0.1, 0.15) is 65.7 Å². The van der Waals surface area contributed by atoms with E-state index in [1.165, 1.54) is 4.90 Å². The summed E-state index contributed by atoms with van der Waals surface area (Å²) in [4.78, 5) is 52.4. The number of carbonyl (C=O) groups excluding carboxylic acids is 4. The highest BCUT2D eigenvalue weighted by molar-refractivity contribution is 5.94. The number of nitrogens with zero attached hydrogens (tertiary/aromatic N) is 2. The molecule has 37 heavy (non-hydrogen) atoms. The van der Waals surface area contributed by atoms with E-state index in [0.29, 0.717) is 12.8 Å².